The first-order valence-electron chi connectivity index (χ1n) is 8.27. The molecule has 0 heterocycles. The molecule has 0 aliphatic heterocycles. The first kappa shape index (κ1) is 13.6. The van der Waals surface area contributed by atoms with Gasteiger partial charge in [-0.05, 0) is 85.5 Å². The summed E-state index contributed by atoms with van der Waals surface area (Å²) in [5.41, 5.74) is 7.00. The van der Waals surface area contributed by atoms with E-state index in [1.54, 1.807) is 7.11 Å². The Morgan fingerprint density at radius 1 is 1.14 bits per heavy atom. The van der Waals surface area contributed by atoms with Gasteiger partial charge in [-0.3, -0.25) is 11.3 Å². The van der Waals surface area contributed by atoms with E-state index in [-0.39, 0.29) is 0 Å². The zero-order valence-corrected chi connectivity index (χ0v) is 13.2. The van der Waals surface area contributed by atoms with E-state index >= 15 is 0 Å². The number of hydrogen-bond acceptors (Lipinski definition) is 3. The summed E-state index contributed by atoms with van der Waals surface area (Å²) >= 11 is 0. The van der Waals surface area contributed by atoms with Crippen LogP contribution in [-0.4, -0.2) is 7.11 Å². The van der Waals surface area contributed by atoms with Crippen molar-refractivity contribution in [2.75, 3.05) is 7.11 Å². The molecule has 0 saturated heterocycles. The standard InChI is InChI=1S/C18H26N2O/c1-9-7-14(21-3)10(2)6-13(9)18(20-19)17-15-11-4-5-12(8-11)16(15)17/h6-7,11-12,15-18,20H,4-5,8,19H2,1-3H3. The molecular formula is C18H26N2O. The Morgan fingerprint density at radius 2 is 1.81 bits per heavy atom. The maximum Gasteiger partial charge on any atom is 0.122 e. The zero-order chi connectivity index (χ0) is 14.7. The van der Waals surface area contributed by atoms with Crippen molar-refractivity contribution in [3.63, 3.8) is 0 Å². The molecule has 5 atom stereocenters. The highest BCUT2D eigenvalue weighted by Crippen LogP contribution is 2.72. The highest BCUT2D eigenvalue weighted by atomic mass is 16.5. The number of nitrogens with one attached hydrogen (secondary N) is 1. The molecule has 3 aliphatic rings. The Hall–Kier alpha value is -1.06. The number of hydrogen-bond donors (Lipinski definition) is 2. The average Bonchev–Trinajstić information content (AvgIpc) is 2.90. The molecule has 3 nitrogen and oxygen atoms in total. The van der Waals surface area contributed by atoms with Gasteiger partial charge in [0.15, 0.2) is 0 Å². The Balaban J connectivity index is 1.64. The molecule has 3 heteroatoms. The monoisotopic (exact) mass is 286 g/mol. The first-order valence-corrected chi connectivity index (χ1v) is 8.27. The van der Waals surface area contributed by atoms with Crippen LogP contribution in [0.25, 0.3) is 0 Å². The SMILES string of the molecule is COc1cc(C)c(C(NN)C2C3C4CCC(C4)C32)cc1C. The van der Waals surface area contributed by atoms with Crippen LogP contribution in [0.15, 0.2) is 12.1 Å². The predicted molar refractivity (Wildman–Crippen MR) is 83.8 cm³/mol. The van der Waals surface area contributed by atoms with Gasteiger partial charge in [0.25, 0.3) is 0 Å². The van der Waals surface area contributed by atoms with Crippen LogP contribution < -0.4 is 16.0 Å². The number of benzene rings is 1. The van der Waals surface area contributed by atoms with Gasteiger partial charge in [-0.15, -0.1) is 0 Å². The van der Waals surface area contributed by atoms with E-state index in [9.17, 15) is 0 Å². The van der Waals surface area contributed by atoms with Crippen LogP contribution in [0, 0.1) is 43.4 Å². The molecule has 1 aromatic carbocycles. The first-order chi connectivity index (χ1) is 10.2. The van der Waals surface area contributed by atoms with Crippen molar-refractivity contribution in [1.82, 2.24) is 5.43 Å². The van der Waals surface area contributed by atoms with Gasteiger partial charge in [0, 0.05) is 6.04 Å². The van der Waals surface area contributed by atoms with Gasteiger partial charge in [0.1, 0.15) is 5.75 Å². The second kappa shape index (κ2) is 4.72. The van der Waals surface area contributed by atoms with Gasteiger partial charge in [-0.1, -0.05) is 6.07 Å². The summed E-state index contributed by atoms with van der Waals surface area (Å²) in [6, 6.07) is 4.74. The summed E-state index contributed by atoms with van der Waals surface area (Å²) in [5, 5.41) is 0. The number of methoxy groups -OCH3 is 1. The lowest BCUT2D eigenvalue weighted by Gasteiger charge is -2.23. The van der Waals surface area contributed by atoms with Gasteiger partial charge in [-0.2, -0.15) is 0 Å². The molecule has 1 aromatic rings. The van der Waals surface area contributed by atoms with Gasteiger partial charge >= 0.3 is 0 Å². The minimum Gasteiger partial charge on any atom is -0.496 e. The molecule has 0 amide bonds. The van der Waals surface area contributed by atoms with Crippen LogP contribution in [0.2, 0.25) is 0 Å². The van der Waals surface area contributed by atoms with Crippen molar-refractivity contribution < 1.29 is 4.74 Å². The Kier molecular flexibility index (Phi) is 3.05. The molecule has 0 radical (unpaired) electrons. The summed E-state index contributed by atoms with van der Waals surface area (Å²) in [6.07, 6.45) is 4.41. The zero-order valence-electron chi connectivity index (χ0n) is 13.2. The van der Waals surface area contributed by atoms with Crippen molar-refractivity contribution in [1.29, 1.82) is 0 Å². The summed E-state index contributed by atoms with van der Waals surface area (Å²) < 4.78 is 5.44. The molecule has 114 valence electrons. The van der Waals surface area contributed by atoms with E-state index in [4.69, 9.17) is 10.6 Å². The summed E-state index contributed by atoms with van der Waals surface area (Å²) in [7, 11) is 1.74. The highest BCUT2D eigenvalue weighted by Gasteiger charge is 2.66. The molecule has 5 unspecified atom stereocenters. The lowest BCUT2D eigenvalue weighted by molar-refractivity contribution is 0.372. The van der Waals surface area contributed by atoms with E-state index in [1.807, 2.05) is 0 Å². The van der Waals surface area contributed by atoms with Gasteiger partial charge < -0.3 is 4.74 Å². The highest BCUT2D eigenvalue weighted by molar-refractivity contribution is 5.44. The van der Waals surface area contributed by atoms with Gasteiger partial charge in [0.05, 0.1) is 7.11 Å². The van der Waals surface area contributed by atoms with Crippen LogP contribution in [0.1, 0.15) is 42.0 Å². The molecule has 0 aromatic heterocycles. The molecule has 21 heavy (non-hydrogen) atoms. The normalized spacial score (nSPS) is 37.4. The van der Waals surface area contributed by atoms with Crippen LogP contribution >= 0.6 is 0 Å². The Bertz CT molecular complexity index is 555. The maximum absolute atomic E-state index is 5.97. The molecule has 2 bridgehead atoms. The Labute approximate surface area is 127 Å². The van der Waals surface area contributed by atoms with Crippen LogP contribution in [0.5, 0.6) is 5.75 Å². The Morgan fingerprint density at radius 3 is 2.38 bits per heavy atom. The maximum atomic E-state index is 5.97. The van der Waals surface area contributed by atoms with Gasteiger partial charge in [0.2, 0.25) is 0 Å². The number of rotatable bonds is 4. The third-order valence-electron chi connectivity index (χ3n) is 6.48. The number of ether oxygens (including phenoxy) is 1. The minimum absolute atomic E-state index is 0.313. The fourth-order valence-electron chi connectivity index (χ4n) is 5.61. The van der Waals surface area contributed by atoms with Crippen molar-refractivity contribution >= 4 is 0 Å². The van der Waals surface area contributed by atoms with Crippen LogP contribution in [0.3, 0.4) is 0 Å². The quantitative estimate of drug-likeness (QED) is 0.660. The number of aryl methyl sites for hydroxylation is 2. The molecule has 3 fully saturated rings. The molecule has 3 aliphatic carbocycles. The topological polar surface area (TPSA) is 47.3 Å². The van der Waals surface area contributed by atoms with E-state index in [1.165, 1.54) is 36.0 Å². The number of nitrogens with two attached hydrogens (primary N) is 1. The van der Waals surface area contributed by atoms with E-state index in [0.29, 0.717) is 6.04 Å². The molecule has 3 saturated carbocycles. The molecule has 0 spiro atoms. The average molecular weight is 286 g/mol. The summed E-state index contributed by atoms with van der Waals surface area (Å²) in [6.45, 7) is 4.29. The summed E-state index contributed by atoms with van der Waals surface area (Å²) in [5.74, 6) is 11.5. The smallest absolute Gasteiger partial charge is 0.122 e. The summed E-state index contributed by atoms with van der Waals surface area (Å²) in [4.78, 5) is 0. The number of hydrazine groups is 1. The second-order valence-electron chi connectivity index (χ2n) is 7.39. The molecular weight excluding hydrogens is 260 g/mol. The third kappa shape index (κ3) is 1.87. The third-order valence-corrected chi connectivity index (χ3v) is 6.48. The van der Waals surface area contributed by atoms with E-state index in [0.717, 1.165) is 35.3 Å². The van der Waals surface area contributed by atoms with Crippen molar-refractivity contribution in [2.45, 2.75) is 39.2 Å². The van der Waals surface area contributed by atoms with Crippen molar-refractivity contribution in [3.05, 3.63) is 28.8 Å². The fraction of sp³-hybridized carbons (Fsp3) is 0.667. The molecule has 4 rings (SSSR count). The largest absolute Gasteiger partial charge is 0.496 e. The number of fused-ring (bicyclic) bond motifs is 5. The minimum atomic E-state index is 0.313. The van der Waals surface area contributed by atoms with Crippen LogP contribution in [0.4, 0.5) is 0 Å². The lowest BCUT2D eigenvalue weighted by Crippen LogP contribution is -2.32. The second-order valence-corrected chi connectivity index (χ2v) is 7.39. The lowest BCUT2D eigenvalue weighted by atomic mass is 9.90. The van der Waals surface area contributed by atoms with Crippen molar-refractivity contribution in [2.24, 2.45) is 35.4 Å². The predicted octanol–water partition coefficient (Wildman–Crippen LogP) is 3.11. The van der Waals surface area contributed by atoms with Crippen LogP contribution in [-0.2, 0) is 0 Å². The molecule has 3 N–H and O–H groups in total. The van der Waals surface area contributed by atoms with Gasteiger partial charge in [-0.25, -0.2) is 0 Å². The fourth-order valence-corrected chi connectivity index (χ4v) is 5.61. The van der Waals surface area contributed by atoms with E-state index < -0.39 is 0 Å². The van der Waals surface area contributed by atoms with E-state index in [2.05, 4.69) is 31.4 Å². The van der Waals surface area contributed by atoms with Crippen molar-refractivity contribution in [3.8, 4) is 5.75 Å².